The van der Waals surface area contributed by atoms with E-state index in [1.807, 2.05) is 43.3 Å². The van der Waals surface area contributed by atoms with Crippen LogP contribution in [0.1, 0.15) is 76.1 Å². The first kappa shape index (κ1) is 23.6. The van der Waals surface area contributed by atoms with E-state index in [0.29, 0.717) is 29.6 Å². The lowest BCUT2D eigenvalue weighted by molar-refractivity contribution is 0.0942. The number of ketones is 2. The monoisotopic (exact) mass is 453 g/mol. The van der Waals surface area contributed by atoms with Crippen LogP contribution in [0.2, 0.25) is 0 Å². The van der Waals surface area contributed by atoms with E-state index in [0.717, 1.165) is 12.0 Å². The van der Waals surface area contributed by atoms with Crippen LogP contribution in [0.15, 0.2) is 79.1 Å². The number of fused-ring (bicyclic) bond motifs is 1. The highest BCUT2D eigenvalue weighted by Crippen LogP contribution is 2.24. The molecule has 4 aromatic rings. The van der Waals surface area contributed by atoms with Crippen molar-refractivity contribution in [2.75, 3.05) is 6.54 Å². The molecule has 0 unspecified atom stereocenters. The average molecular weight is 454 g/mol. The molecule has 174 valence electrons. The van der Waals surface area contributed by atoms with Gasteiger partial charge in [-0.2, -0.15) is 5.10 Å². The van der Waals surface area contributed by atoms with Gasteiger partial charge in [0.05, 0.1) is 23.3 Å². The maximum absolute atomic E-state index is 13.8. The Kier molecular flexibility index (Phi) is 7.33. The summed E-state index contributed by atoms with van der Waals surface area (Å²) in [4.78, 5) is 26.0. The molecule has 2 heterocycles. The molecule has 0 aliphatic carbocycles. The minimum atomic E-state index is -0.497. The summed E-state index contributed by atoms with van der Waals surface area (Å²) in [6, 6.07) is 21.4. The van der Waals surface area contributed by atoms with Crippen molar-refractivity contribution < 1.29 is 9.59 Å². The number of nitrogens with zero attached hydrogens (tertiary/aromatic N) is 2. The van der Waals surface area contributed by atoms with Crippen LogP contribution in [0.3, 0.4) is 0 Å². The Morgan fingerprint density at radius 2 is 1.71 bits per heavy atom. The van der Waals surface area contributed by atoms with E-state index >= 15 is 0 Å². The summed E-state index contributed by atoms with van der Waals surface area (Å²) in [5.74, 6) is 0.294. The second-order valence-electron chi connectivity index (χ2n) is 8.91. The molecule has 5 nitrogen and oxygen atoms in total. The number of aryl methyl sites for hydroxylation is 1. The Labute approximate surface area is 200 Å². The number of pyridine rings is 1. The number of nitrogens with one attached hydrogen (secondary N) is 1. The summed E-state index contributed by atoms with van der Waals surface area (Å²) in [5, 5.41) is 7.89. The molecule has 0 amide bonds. The maximum atomic E-state index is 13.8. The van der Waals surface area contributed by atoms with Gasteiger partial charge in [-0.3, -0.25) is 9.59 Å². The lowest BCUT2D eigenvalue weighted by Gasteiger charge is -2.21. The molecule has 2 atom stereocenters. The number of Topliss-reactive ketones (excluding diaryl/α,β-unsaturated/α-hetero) is 2. The van der Waals surface area contributed by atoms with Crippen LogP contribution in [0.4, 0.5) is 0 Å². The van der Waals surface area contributed by atoms with E-state index in [1.165, 1.54) is 11.1 Å². The van der Waals surface area contributed by atoms with Crippen LogP contribution in [-0.4, -0.2) is 27.7 Å². The van der Waals surface area contributed by atoms with Gasteiger partial charge in [0.25, 0.3) is 0 Å². The number of carbonyl (C=O) groups is 2. The molecule has 34 heavy (non-hydrogen) atoms. The highest BCUT2D eigenvalue weighted by atomic mass is 16.1. The Hall–Kier alpha value is -3.57. The summed E-state index contributed by atoms with van der Waals surface area (Å²) in [7, 11) is 0. The predicted molar refractivity (Wildman–Crippen MR) is 136 cm³/mol. The van der Waals surface area contributed by atoms with E-state index in [2.05, 4.69) is 48.5 Å². The minimum Gasteiger partial charge on any atom is -0.303 e. The SMILES string of the molecule is CCCC(=O)c1ccc2c(C(=O)[C@H](NC[C@H](C)c3ccc(C)cc3)c3ccccc3)cnn2c1. The number of carbonyl (C=O) groups excluding carboxylic acids is 2. The van der Waals surface area contributed by atoms with Crippen molar-refractivity contribution in [3.63, 3.8) is 0 Å². The van der Waals surface area contributed by atoms with Crippen LogP contribution in [0, 0.1) is 6.92 Å². The van der Waals surface area contributed by atoms with E-state index in [-0.39, 0.29) is 17.5 Å². The summed E-state index contributed by atoms with van der Waals surface area (Å²) < 4.78 is 1.63. The fourth-order valence-corrected chi connectivity index (χ4v) is 4.18. The normalized spacial score (nSPS) is 13.0. The van der Waals surface area contributed by atoms with Crippen molar-refractivity contribution in [2.45, 2.75) is 45.6 Å². The molecule has 2 aromatic heterocycles. The second-order valence-corrected chi connectivity index (χ2v) is 8.91. The standard InChI is InChI=1S/C29H31N3O2/c1-4-8-27(33)24-15-16-26-25(18-31-32(26)19-24)29(34)28(23-9-6-5-7-10-23)30-17-21(3)22-13-11-20(2)12-14-22/h5-7,9-16,18-19,21,28,30H,4,8,17H2,1-3H3/t21-,28+/m0/s1. The molecule has 5 heteroatoms. The molecule has 0 bridgehead atoms. The number of hydrogen-bond donors (Lipinski definition) is 1. The number of hydrogen-bond acceptors (Lipinski definition) is 4. The fraction of sp³-hybridized carbons (Fsp3) is 0.276. The largest absolute Gasteiger partial charge is 0.303 e. The Bertz CT molecular complexity index is 1280. The van der Waals surface area contributed by atoms with Gasteiger partial charge < -0.3 is 5.32 Å². The predicted octanol–water partition coefficient (Wildman–Crippen LogP) is 5.94. The van der Waals surface area contributed by atoms with Gasteiger partial charge in [-0.25, -0.2) is 4.52 Å². The first-order valence-electron chi connectivity index (χ1n) is 11.9. The molecule has 0 fully saturated rings. The third kappa shape index (κ3) is 5.15. The highest BCUT2D eigenvalue weighted by Gasteiger charge is 2.25. The summed E-state index contributed by atoms with van der Waals surface area (Å²) in [5.41, 5.74) is 5.23. The van der Waals surface area contributed by atoms with E-state index in [4.69, 9.17) is 0 Å². The molecule has 0 aliphatic rings. The van der Waals surface area contributed by atoms with E-state index in [9.17, 15) is 9.59 Å². The topological polar surface area (TPSA) is 63.5 Å². The summed E-state index contributed by atoms with van der Waals surface area (Å²) in [6.07, 6.45) is 4.62. The van der Waals surface area contributed by atoms with Crippen LogP contribution in [0.5, 0.6) is 0 Å². The van der Waals surface area contributed by atoms with Gasteiger partial charge in [-0.15, -0.1) is 0 Å². The molecule has 4 rings (SSSR count). The van der Waals surface area contributed by atoms with Crippen molar-refractivity contribution in [1.29, 1.82) is 0 Å². The quantitative estimate of drug-likeness (QED) is 0.302. The fourth-order valence-electron chi connectivity index (χ4n) is 4.18. The Morgan fingerprint density at radius 1 is 0.971 bits per heavy atom. The van der Waals surface area contributed by atoms with E-state index < -0.39 is 6.04 Å². The van der Waals surface area contributed by atoms with Gasteiger partial charge in [0.1, 0.15) is 0 Å². The zero-order chi connectivity index (χ0) is 24.1. The van der Waals surface area contributed by atoms with Crippen LogP contribution < -0.4 is 5.32 Å². The smallest absolute Gasteiger partial charge is 0.188 e. The van der Waals surface area contributed by atoms with Gasteiger partial charge in [0.15, 0.2) is 11.6 Å². The molecular formula is C29H31N3O2. The zero-order valence-electron chi connectivity index (χ0n) is 20.0. The molecule has 0 aliphatic heterocycles. The van der Waals surface area contributed by atoms with Crippen molar-refractivity contribution in [1.82, 2.24) is 14.9 Å². The molecular weight excluding hydrogens is 422 g/mol. The molecule has 0 radical (unpaired) electrons. The van der Waals surface area contributed by atoms with Crippen molar-refractivity contribution in [3.05, 3.63) is 107 Å². The number of aromatic nitrogens is 2. The number of rotatable bonds is 10. The first-order valence-corrected chi connectivity index (χ1v) is 11.9. The molecule has 2 aromatic carbocycles. The minimum absolute atomic E-state index is 0.0371. The van der Waals surface area contributed by atoms with Gasteiger partial charge in [0, 0.05) is 24.7 Å². The van der Waals surface area contributed by atoms with Crippen molar-refractivity contribution >= 4 is 17.1 Å². The molecule has 0 saturated heterocycles. The lowest BCUT2D eigenvalue weighted by Crippen LogP contribution is -2.31. The first-order chi connectivity index (χ1) is 16.5. The second kappa shape index (κ2) is 10.6. The Balaban J connectivity index is 1.60. The van der Waals surface area contributed by atoms with Crippen molar-refractivity contribution in [2.24, 2.45) is 0 Å². The molecule has 0 saturated carbocycles. The number of benzene rings is 2. The average Bonchev–Trinajstić information content (AvgIpc) is 3.28. The van der Waals surface area contributed by atoms with Gasteiger partial charge in [-0.1, -0.05) is 74.0 Å². The van der Waals surface area contributed by atoms with Crippen LogP contribution >= 0.6 is 0 Å². The summed E-state index contributed by atoms with van der Waals surface area (Å²) in [6.45, 7) is 6.88. The van der Waals surface area contributed by atoms with Crippen LogP contribution in [0.25, 0.3) is 5.52 Å². The molecule has 1 N–H and O–H groups in total. The van der Waals surface area contributed by atoms with Crippen LogP contribution in [-0.2, 0) is 0 Å². The van der Waals surface area contributed by atoms with Gasteiger partial charge >= 0.3 is 0 Å². The van der Waals surface area contributed by atoms with Gasteiger partial charge in [-0.05, 0) is 42.5 Å². The summed E-state index contributed by atoms with van der Waals surface area (Å²) >= 11 is 0. The zero-order valence-corrected chi connectivity index (χ0v) is 20.0. The third-order valence-electron chi connectivity index (χ3n) is 6.25. The Morgan fingerprint density at radius 3 is 2.41 bits per heavy atom. The lowest BCUT2D eigenvalue weighted by atomic mass is 9.95. The highest BCUT2D eigenvalue weighted by molar-refractivity contribution is 6.06. The van der Waals surface area contributed by atoms with Gasteiger partial charge in [0.2, 0.25) is 0 Å². The van der Waals surface area contributed by atoms with E-state index in [1.54, 1.807) is 23.0 Å². The third-order valence-corrected chi connectivity index (χ3v) is 6.25. The molecule has 0 spiro atoms. The van der Waals surface area contributed by atoms with Crippen molar-refractivity contribution in [3.8, 4) is 0 Å². The maximum Gasteiger partial charge on any atom is 0.188 e.